The zero-order valence-corrected chi connectivity index (χ0v) is 17.9. The van der Waals surface area contributed by atoms with Crippen molar-refractivity contribution in [3.63, 3.8) is 0 Å². The number of hydrogen-bond acceptors (Lipinski definition) is 6. The fourth-order valence-corrected chi connectivity index (χ4v) is 3.96. The van der Waals surface area contributed by atoms with Crippen LogP contribution in [0.1, 0.15) is 17.3 Å². The largest absolute Gasteiger partial charge is 0.449 e. The molecule has 2 N–H and O–H groups in total. The number of rotatable bonds is 6. The number of fused-ring (bicyclic) bond motifs is 1. The van der Waals surface area contributed by atoms with E-state index >= 15 is 0 Å². The van der Waals surface area contributed by atoms with E-state index in [1.165, 1.54) is 39.2 Å². The number of aromatic nitrogens is 2. The van der Waals surface area contributed by atoms with E-state index in [-0.39, 0.29) is 21.2 Å². The topological polar surface area (TPSA) is 121 Å². The lowest BCUT2D eigenvalue weighted by Crippen LogP contribution is -2.30. The number of nitrogens with one attached hydrogen (secondary N) is 2. The summed E-state index contributed by atoms with van der Waals surface area (Å²) in [5.41, 5.74) is 1.13. The highest BCUT2D eigenvalue weighted by molar-refractivity contribution is 7.89. The summed E-state index contributed by atoms with van der Waals surface area (Å²) in [5.74, 6) is -1.30. The molecule has 0 aliphatic rings. The molecule has 3 rings (SSSR count). The number of aromatic amines is 1. The summed E-state index contributed by atoms with van der Waals surface area (Å²) < 4.78 is 30.9. The molecular formula is C19H19ClN4O5S. The maximum absolute atomic E-state index is 12.4. The van der Waals surface area contributed by atoms with Gasteiger partial charge in [-0.3, -0.25) is 9.89 Å². The number of nitrogens with zero attached hydrogens (tertiary/aromatic N) is 2. The number of ether oxygens (including phenoxy) is 1. The molecule has 1 amide bonds. The third-order valence-corrected chi connectivity index (χ3v) is 6.58. The van der Waals surface area contributed by atoms with E-state index in [4.69, 9.17) is 16.3 Å². The molecular weight excluding hydrogens is 432 g/mol. The number of benzene rings is 2. The van der Waals surface area contributed by atoms with Crippen LogP contribution in [-0.4, -0.2) is 55.0 Å². The zero-order chi connectivity index (χ0) is 22.1. The van der Waals surface area contributed by atoms with Crippen LogP contribution in [0.5, 0.6) is 0 Å². The highest BCUT2D eigenvalue weighted by atomic mass is 35.5. The molecule has 11 heteroatoms. The molecule has 0 aliphatic carbocycles. The van der Waals surface area contributed by atoms with Crippen LogP contribution in [0.4, 0.5) is 5.69 Å². The van der Waals surface area contributed by atoms with Crippen LogP contribution in [0.15, 0.2) is 47.5 Å². The lowest BCUT2D eigenvalue weighted by molar-refractivity contribution is -0.123. The van der Waals surface area contributed by atoms with Crippen molar-refractivity contribution in [3.05, 3.63) is 53.2 Å². The summed E-state index contributed by atoms with van der Waals surface area (Å²) in [7, 11) is -1.05. The monoisotopic (exact) mass is 450 g/mol. The second kappa shape index (κ2) is 8.42. The van der Waals surface area contributed by atoms with Gasteiger partial charge in [0.25, 0.3) is 5.91 Å². The number of esters is 1. The molecule has 1 atom stereocenters. The number of sulfonamides is 1. The Labute approximate surface area is 178 Å². The number of anilines is 1. The first-order valence-electron chi connectivity index (χ1n) is 8.76. The first-order valence-corrected chi connectivity index (χ1v) is 10.6. The van der Waals surface area contributed by atoms with Gasteiger partial charge in [-0.25, -0.2) is 17.5 Å². The molecule has 9 nitrogen and oxygen atoms in total. The van der Waals surface area contributed by atoms with Crippen LogP contribution in [0.3, 0.4) is 0 Å². The summed E-state index contributed by atoms with van der Waals surface area (Å²) in [6, 6.07) is 8.92. The summed E-state index contributed by atoms with van der Waals surface area (Å²) in [4.78, 5) is 24.6. The van der Waals surface area contributed by atoms with E-state index in [0.717, 1.165) is 9.69 Å². The molecule has 2 aromatic carbocycles. The smallest absolute Gasteiger partial charge is 0.338 e. The van der Waals surface area contributed by atoms with Gasteiger partial charge in [0, 0.05) is 25.2 Å². The summed E-state index contributed by atoms with van der Waals surface area (Å²) >= 11 is 6.00. The van der Waals surface area contributed by atoms with Gasteiger partial charge in [0.15, 0.2) is 6.10 Å². The number of H-pyrrole nitrogens is 1. The maximum Gasteiger partial charge on any atom is 0.338 e. The van der Waals surface area contributed by atoms with Gasteiger partial charge in [-0.15, -0.1) is 0 Å². The third-order valence-electron chi connectivity index (χ3n) is 4.29. The molecule has 0 saturated heterocycles. The minimum absolute atomic E-state index is 0.0235. The van der Waals surface area contributed by atoms with Gasteiger partial charge >= 0.3 is 5.97 Å². The number of carbonyl (C=O) groups excluding carboxylic acids is 2. The molecule has 0 saturated carbocycles. The number of hydrogen-bond donors (Lipinski definition) is 2. The maximum atomic E-state index is 12.4. The quantitative estimate of drug-likeness (QED) is 0.557. The molecule has 3 aromatic rings. The van der Waals surface area contributed by atoms with Crippen molar-refractivity contribution in [2.75, 3.05) is 19.4 Å². The van der Waals surface area contributed by atoms with Crippen LogP contribution in [0.25, 0.3) is 10.9 Å². The predicted octanol–water partition coefficient (Wildman–Crippen LogP) is 2.65. The van der Waals surface area contributed by atoms with E-state index < -0.39 is 28.0 Å². The molecule has 0 bridgehead atoms. The number of carbonyl (C=O) groups is 2. The third kappa shape index (κ3) is 4.45. The molecule has 1 heterocycles. The van der Waals surface area contributed by atoms with Crippen molar-refractivity contribution in [2.24, 2.45) is 0 Å². The van der Waals surface area contributed by atoms with Gasteiger partial charge in [0.2, 0.25) is 10.0 Å². The van der Waals surface area contributed by atoms with E-state index in [0.29, 0.717) is 5.52 Å². The van der Waals surface area contributed by atoms with Gasteiger partial charge in [-0.2, -0.15) is 5.10 Å². The van der Waals surface area contributed by atoms with Crippen LogP contribution in [0, 0.1) is 0 Å². The Morgan fingerprint density at radius 3 is 2.63 bits per heavy atom. The second-order valence-corrected chi connectivity index (χ2v) is 9.17. The molecule has 0 spiro atoms. The molecule has 0 fully saturated rings. The second-order valence-electron chi connectivity index (χ2n) is 6.64. The standard InChI is InChI=1S/C19H19ClN4O5S/c1-11(29-19(26)12-4-5-13-10-21-23-16(13)8-12)18(25)22-14-6-7-15(20)17(9-14)30(27,28)24(2)3/h4-11H,1-3H3,(H,21,23)(H,22,25). The van der Waals surface area contributed by atoms with Crippen molar-refractivity contribution in [3.8, 4) is 0 Å². The summed E-state index contributed by atoms with van der Waals surface area (Å²) in [6.45, 7) is 1.41. The minimum Gasteiger partial charge on any atom is -0.449 e. The van der Waals surface area contributed by atoms with Crippen LogP contribution in [0.2, 0.25) is 5.02 Å². The van der Waals surface area contributed by atoms with Crippen LogP contribution >= 0.6 is 11.6 Å². The first kappa shape index (κ1) is 21.8. The fourth-order valence-electron chi connectivity index (χ4n) is 2.57. The number of halogens is 1. The molecule has 1 aromatic heterocycles. The summed E-state index contributed by atoms with van der Waals surface area (Å²) in [5, 5.41) is 10.0. The summed E-state index contributed by atoms with van der Waals surface area (Å²) in [6.07, 6.45) is 0.497. The Morgan fingerprint density at radius 2 is 1.93 bits per heavy atom. The van der Waals surface area contributed by atoms with Gasteiger partial charge in [-0.05, 0) is 37.3 Å². The fraction of sp³-hybridized carbons (Fsp3) is 0.211. The van der Waals surface area contributed by atoms with E-state index in [2.05, 4.69) is 15.5 Å². The van der Waals surface area contributed by atoms with Crippen molar-refractivity contribution >= 4 is 50.1 Å². The molecule has 30 heavy (non-hydrogen) atoms. The average molecular weight is 451 g/mol. The lowest BCUT2D eigenvalue weighted by Gasteiger charge is -2.16. The molecule has 1 unspecified atom stereocenters. The highest BCUT2D eigenvalue weighted by Gasteiger charge is 2.23. The van der Waals surface area contributed by atoms with Crippen molar-refractivity contribution in [1.29, 1.82) is 0 Å². The first-order chi connectivity index (χ1) is 14.1. The zero-order valence-electron chi connectivity index (χ0n) is 16.3. The van der Waals surface area contributed by atoms with Crippen molar-refractivity contribution in [2.45, 2.75) is 17.9 Å². The lowest BCUT2D eigenvalue weighted by atomic mass is 10.2. The Bertz CT molecular complexity index is 1220. The highest BCUT2D eigenvalue weighted by Crippen LogP contribution is 2.27. The Balaban J connectivity index is 1.71. The Kier molecular flexibility index (Phi) is 6.11. The molecule has 158 valence electrons. The minimum atomic E-state index is -3.80. The van der Waals surface area contributed by atoms with E-state index in [9.17, 15) is 18.0 Å². The average Bonchev–Trinajstić information content (AvgIpc) is 3.16. The van der Waals surface area contributed by atoms with Crippen molar-refractivity contribution in [1.82, 2.24) is 14.5 Å². The van der Waals surface area contributed by atoms with Gasteiger partial charge in [0.05, 0.1) is 22.3 Å². The van der Waals surface area contributed by atoms with Gasteiger partial charge < -0.3 is 10.1 Å². The van der Waals surface area contributed by atoms with E-state index in [1.807, 2.05) is 0 Å². The van der Waals surface area contributed by atoms with Crippen LogP contribution in [-0.2, 0) is 19.6 Å². The Hall–Kier alpha value is -2.95. The normalized spacial score (nSPS) is 12.7. The van der Waals surface area contributed by atoms with Gasteiger partial charge in [0.1, 0.15) is 4.90 Å². The van der Waals surface area contributed by atoms with Gasteiger partial charge in [-0.1, -0.05) is 17.7 Å². The Morgan fingerprint density at radius 1 is 1.20 bits per heavy atom. The van der Waals surface area contributed by atoms with Crippen LogP contribution < -0.4 is 5.32 Å². The predicted molar refractivity (Wildman–Crippen MR) is 112 cm³/mol. The molecule has 0 radical (unpaired) electrons. The van der Waals surface area contributed by atoms with E-state index in [1.54, 1.807) is 24.4 Å². The van der Waals surface area contributed by atoms with Crippen molar-refractivity contribution < 1.29 is 22.7 Å². The molecule has 0 aliphatic heterocycles. The number of amides is 1. The SMILES string of the molecule is CC(OC(=O)c1ccc2cn[nH]c2c1)C(=O)Nc1ccc(Cl)c(S(=O)(=O)N(C)C)c1.